The molecule has 0 aromatic heterocycles. The molecule has 0 aliphatic carbocycles. The first-order valence-corrected chi connectivity index (χ1v) is 5.99. The van der Waals surface area contributed by atoms with Crippen LogP contribution in [0.2, 0.25) is 0 Å². The predicted octanol–water partition coefficient (Wildman–Crippen LogP) is 3.19. The van der Waals surface area contributed by atoms with Crippen molar-refractivity contribution in [3.8, 4) is 0 Å². The Bertz CT molecular complexity index is 441. The van der Waals surface area contributed by atoms with Crippen LogP contribution in [0.15, 0.2) is 18.2 Å². The van der Waals surface area contributed by atoms with Crippen molar-refractivity contribution in [2.24, 2.45) is 0 Å². The van der Waals surface area contributed by atoms with Crippen molar-refractivity contribution in [2.75, 3.05) is 11.2 Å². The molecule has 17 heavy (non-hydrogen) atoms. The number of carbonyl (C=O) groups is 2. The molecule has 0 radical (unpaired) electrons. The van der Waals surface area contributed by atoms with Crippen LogP contribution in [0, 0.1) is 0 Å². The van der Waals surface area contributed by atoms with Gasteiger partial charge in [-0.3, -0.25) is 9.59 Å². The van der Waals surface area contributed by atoms with Gasteiger partial charge >= 0.3 is 0 Å². The molecule has 92 valence electrons. The molecule has 4 heteroatoms. The Kier molecular flexibility index (Phi) is 4.70. The van der Waals surface area contributed by atoms with Crippen LogP contribution in [0.25, 0.3) is 0 Å². The topological polar surface area (TPSA) is 46.2 Å². The molecule has 1 N–H and O–H groups in total. The van der Waals surface area contributed by atoms with Gasteiger partial charge in [-0.05, 0) is 29.7 Å². The highest BCUT2D eigenvalue weighted by Gasteiger charge is 2.13. The number of Topliss-reactive ketones (excluding diaryl/α,β-unsaturated/α-hetero) is 1. The second-order valence-electron chi connectivity index (χ2n) is 4.19. The van der Waals surface area contributed by atoms with Crippen molar-refractivity contribution < 1.29 is 9.59 Å². The Morgan fingerprint density at radius 3 is 2.47 bits per heavy atom. The number of hydrogen-bond donors (Lipinski definition) is 1. The van der Waals surface area contributed by atoms with Gasteiger partial charge in [0, 0.05) is 18.2 Å². The first-order valence-electron chi connectivity index (χ1n) is 5.46. The molecule has 0 unspecified atom stereocenters. The fraction of sp³-hybridized carbons (Fsp3) is 0.385. The minimum Gasteiger partial charge on any atom is -0.326 e. The normalized spacial score (nSPS) is 10.4. The SMILES string of the molecule is CC(=O)Nc1ccc(C(=O)CCl)c(C(C)C)c1. The van der Waals surface area contributed by atoms with Crippen LogP contribution in [-0.2, 0) is 4.79 Å². The Hall–Kier alpha value is -1.35. The highest BCUT2D eigenvalue weighted by Crippen LogP contribution is 2.24. The molecule has 0 saturated heterocycles. The Morgan fingerprint density at radius 1 is 1.35 bits per heavy atom. The average molecular weight is 254 g/mol. The fourth-order valence-corrected chi connectivity index (χ4v) is 1.79. The van der Waals surface area contributed by atoms with Gasteiger partial charge in [-0.25, -0.2) is 0 Å². The maximum atomic E-state index is 11.7. The summed E-state index contributed by atoms with van der Waals surface area (Å²) in [6.45, 7) is 5.45. The summed E-state index contributed by atoms with van der Waals surface area (Å²) >= 11 is 5.57. The zero-order valence-corrected chi connectivity index (χ0v) is 11.0. The van der Waals surface area contributed by atoms with Gasteiger partial charge in [0.2, 0.25) is 5.91 Å². The van der Waals surface area contributed by atoms with Gasteiger partial charge < -0.3 is 5.32 Å². The molecule has 0 aliphatic rings. The minimum atomic E-state index is -0.129. The summed E-state index contributed by atoms with van der Waals surface area (Å²) in [5, 5.41) is 2.70. The molecule has 0 aliphatic heterocycles. The molecule has 0 fully saturated rings. The summed E-state index contributed by atoms with van der Waals surface area (Å²) < 4.78 is 0. The standard InChI is InChI=1S/C13H16ClNO2/c1-8(2)12-6-10(15-9(3)16)4-5-11(12)13(17)7-14/h4-6,8H,7H2,1-3H3,(H,15,16). The molecule has 3 nitrogen and oxygen atoms in total. The van der Waals surface area contributed by atoms with Gasteiger partial charge in [0.15, 0.2) is 5.78 Å². The number of hydrogen-bond acceptors (Lipinski definition) is 2. The van der Waals surface area contributed by atoms with Crippen LogP contribution in [-0.4, -0.2) is 17.6 Å². The summed E-state index contributed by atoms with van der Waals surface area (Å²) in [7, 11) is 0. The van der Waals surface area contributed by atoms with E-state index in [0.717, 1.165) is 5.56 Å². The van der Waals surface area contributed by atoms with E-state index in [1.807, 2.05) is 19.9 Å². The number of carbonyl (C=O) groups excluding carboxylic acids is 2. The van der Waals surface area contributed by atoms with Crippen molar-refractivity contribution in [3.63, 3.8) is 0 Å². The van der Waals surface area contributed by atoms with Gasteiger partial charge in [-0.2, -0.15) is 0 Å². The van der Waals surface area contributed by atoms with Gasteiger partial charge in [0.25, 0.3) is 0 Å². The smallest absolute Gasteiger partial charge is 0.221 e. The first kappa shape index (κ1) is 13.7. The van der Waals surface area contributed by atoms with Crippen LogP contribution < -0.4 is 5.32 Å². The quantitative estimate of drug-likeness (QED) is 0.662. The molecule has 0 atom stereocenters. The molecule has 0 heterocycles. The van der Waals surface area contributed by atoms with Crippen molar-refractivity contribution >= 4 is 29.0 Å². The third kappa shape index (κ3) is 3.56. The number of halogens is 1. The lowest BCUT2D eigenvalue weighted by Crippen LogP contribution is -2.10. The third-order valence-electron chi connectivity index (χ3n) is 2.42. The average Bonchev–Trinajstić information content (AvgIpc) is 2.27. The highest BCUT2D eigenvalue weighted by molar-refractivity contribution is 6.30. The number of anilines is 1. The van der Waals surface area contributed by atoms with E-state index in [1.165, 1.54) is 6.92 Å². The molecule has 1 aromatic carbocycles. The summed E-state index contributed by atoms with van der Waals surface area (Å²) in [6, 6.07) is 5.25. The Morgan fingerprint density at radius 2 is 2.00 bits per heavy atom. The van der Waals surface area contributed by atoms with Crippen LogP contribution in [0.1, 0.15) is 42.6 Å². The number of alkyl halides is 1. The molecule has 0 saturated carbocycles. The maximum Gasteiger partial charge on any atom is 0.221 e. The van der Waals surface area contributed by atoms with Crippen molar-refractivity contribution in [3.05, 3.63) is 29.3 Å². The first-order chi connectivity index (χ1) is 7.95. The van der Waals surface area contributed by atoms with E-state index in [-0.39, 0.29) is 23.5 Å². The number of benzene rings is 1. The molecule has 1 aromatic rings. The number of ketones is 1. The van der Waals surface area contributed by atoms with E-state index in [2.05, 4.69) is 5.32 Å². The van der Waals surface area contributed by atoms with E-state index in [1.54, 1.807) is 12.1 Å². The van der Waals surface area contributed by atoms with Crippen LogP contribution in [0.3, 0.4) is 0 Å². The van der Waals surface area contributed by atoms with Crippen molar-refractivity contribution in [1.29, 1.82) is 0 Å². The lowest BCUT2D eigenvalue weighted by molar-refractivity contribution is -0.114. The summed E-state index contributed by atoms with van der Waals surface area (Å²) in [5.41, 5.74) is 2.23. The molecule has 1 amide bonds. The predicted molar refractivity (Wildman–Crippen MR) is 69.9 cm³/mol. The monoisotopic (exact) mass is 253 g/mol. The highest BCUT2D eigenvalue weighted by atomic mass is 35.5. The molecule has 0 bridgehead atoms. The van der Waals surface area contributed by atoms with Gasteiger partial charge in [-0.1, -0.05) is 13.8 Å². The van der Waals surface area contributed by atoms with Crippen LogP contribution >= 0.6 is 11.6 Å². The molecule has 0 spiro atoms. The lowest BCUT2D eigenvalue weighted by Gasteiger charge is -2.13. The summed E-state index contributed by atoms with van der Waals surface area (Å²) in [4.78, 5) is 22.6. The largest absolute Gasteiger partial charge is 0.326 e. The van der Waals surface area contributed by atoms with Crippen molar-refractivity contribution in [2.45, 2.75) is 26.7 Å². The maximum absolute atomic E-state index is 11.7. The lowest BCUT2D eigenvalue weighted by atomic mass is 9.94. The summed E-state index contributed by atoms with van der Waals surface area (Å²) in [6.07, 6.45) is 0. The minimum absolute atomic E-state index is 0.0286. The van der Waals surface area contributed by atoms with E-state index in [0.29, 0.717) is 11.3 Å². The van der Waals surface area contributed by atoms with Crippen LogP contribution in [0.4, 0.5) is 5.69 Å². The van der Waals surface area contributed by atoms with Gasteiger partial charge in [-0.15, -0.1) is 11.6 Å². The zero-order chi connectivity index (χ0) is 13.0. The van der Waals surface area contributed by atoms with E-state index in [9.17, 15) is 9.59 Å². The van der Waals surface area contributed by atoms with Gasteiger partial charge in [0.05, 0.1) is 5.88 Å². The zero-order valence-electron chi connectivity index (χ0n) is 10.2. The fourth-order valence-electron chi connectivity index (χ4n) is 1.65. The van der Waals surface area contributed by atoms with Gasteiger partial charge in [0.1, 0.15) is 0 Å². The second-order valence-corrected chi connectivity index (χ2v) is 4.46. The van der Waals surface area contributed by atoms with Crippen molar-refractivity contribution in [1.82, 2.24) is 0 Å². The molecular weight excluding hydrogens is 238 g/mol. The van der Waals surface area contributed by atoms with E-state index < -0.39 is 0 Å². The Labute approximate surface area is 106 Å². The molecule has 1 rings (SSSR count). The summed E-state index contributed by atoms with van der Waals surface area (Å²) in [5.74, 6) is -0.0501. The van der Waals surface area contributed by atoms with E-state index in [4.69, 9.17) is 11.6 Å². The second kappa shape index (κ2) is 5.82. The third-order valence-corrected chi connectivity index (χ3v) is 2.66. The number of nitrogens with one attached hydrogen (secondary N) is 1. The molecular formula is C13H16ClNO2. The van der Waals surface area contributed by atoms with E-state index >= 15 is 0 Å². The Balaban J connectivity index is 3.17. The number of rotatable bonds is 4. The van der Waals surface area contributed by atoms with Crippen LogP contribution in [0.5, 0.6) is 0 Å². The number of amides is 1.